The Labute approximate surface area is 192 Å². The smallest absolute Gasteiger partial charge is 0.121 e. The van der Waals surface area contributed by atoms with Gasteiger partial charge in [-0.05, 0) is 36.4 Å². The first-order chi connectivity index (χ1) is 16.5. The first kappa shape index (κ1) is 20.1. The second kappa shape index (κ2) is 7.78. The second-order valence-corrected chi connectivity index (χ2v) is 8.30. The molecule has 0 radical (unpaired) electrons. The maximum atomic E-state index is 9.77. The zero-order valence-corrected chi connectivity index (χ0v) is 17.9. The molecule has 0 saturated heterocycles. The Morgan fingerprint density at radius 2 is 0.853 bits per heavy atom. The molecule has 0 aliphatic rings. The average Bonchev–Trinajstić information content (AvgIpc) is 3.48. The van der Waals surface area contributed by atoms with Crippen LogP contribution in [-0.4, -0.2) is 50.1 Å². The van der Waals surface area contributed by atoms with Gasteiger partial charge in [-0.1, -0.05) is 0 Å². The second-order valence-electron chi connectivity index (χ2n) is 8.30. The zero-order valence-electron chi connectivity index (χ0n) is 17.9. The summed E-state index contributed by atoms with van der Waals surface area (Å²) in [5.74, 6) is 2.75. The molecule has 6 aromatic rings. The van der Waals surface area contributed by atoms with Crippen molar-refractivity contribution >= 4 is 33.1 Å². The van der Waals surface area contributed by atoms with Crippen molar-refractivity contribution in [3.05, 3.63) is 72.1 Å². The predicted molar refractivity (Wildman–Crippen MR) is 126 cm³/mol. The topological polar surface area (TPSA) is 150 Å². The normalized spacial score (nSPS) is 11.9. The number of imidazole rings is 3. The number of H-pyrrole nitrogens is 3. The number of aromatic hydroxyl groups is 3. The van der Waals surface area contributed by atoms with E-state index in [0.29, 0.717) is 19.6 Å². The average molecular weight is 455 g/mol. The van der Waals surface area contributed by atoms with Crippen LogP contribution in [0.15, 0.2) is 54.6 Å². The van der Waals surface area contributed by atoms with Crippen molar-refractivity contribution in [1.82, 2.24) is 34.8 Å². The summed E-state index contributed by atoms with van der Waals surface area (Å²) in [6.07, 6.45) is 0. The summed E-state index contributed by atoms with van der Waals surface area (Å²) in [7, 11) is 0. The number of phenols is 3. The minimum atomic E-state index is 0.176. The molecule has 6 rings (SSSR count). The molecule has 0 aliphatic carbocycles. The Bertz CT molecular complexity index is 1450. The van der Waals surface area contributed by atoms with Gasteiger partial charge in [-0.2, -0.15) is 0 Å². The molecular formula is C24H21N7O3. The van der Waals surface area contributed by atoms with Crippen molar-refractivity contribution in [2.75, 3.05) is 0 Å². The Morgan fingerprint density at radius 1 is 0.529 bits per heavy atom. The number of fused-ring (bicyclic) bond motifs is 3. The number of nitrogens with one attached hydrogen (secondary N) is 3. The molecule has 0 bridgehead atoms. The van der Waals surface area contributed by atoms with Crippen LogP contribution in [0.1, 0.15) is 17.5 Å². The van der Waals surface area contributed by atoms with Crippen LogP contribution >= 0.6 is 0 Å². The highest BCUT2D eigenvalue weighted by Crippen LogP contribution is 2.22. The van der Waals surface area contributed by atoms with Gasteiger partial charge in [-0.25, -0.2) is 15.0 Å². The van der Waals surface area contributed by atoms with Crippen molar-refractivity contribution in [2.24, 2.45) is 0 Å². The van der Waals surface area contributed by atoms with Crippen molar-refractivity contribution in [1.29, 1.82) is 0 Å². The van der Waals surface area contributed by atoms with E-state index in [9.17, 15) is 15.3 Å². The van der Waals surface area contributed by atoms with E-state index in [-0.39, 0.29) is 17.2 Å². The van der Waals surface area contributed by atoms with Crippen LogP contribution in [0.4, 0.5) is 0 Å². The predicted octanol–water partition coefficient (Wildman–Crippen LogP) is 3.63. The van der Waals surface area contributed by atoms with Crippen LogP contribution in [0, 0.1) is 0 Å². The van der Waals surface area contributed by atoms with Gasteiger partial charge in [0.15, 0.2) is 0 Å². The van der Waals surface area contributed by atoms with Crippen LogP contribution in [0.5, 0.6) is 17.2 Å². The largest absolute Gasteiger partial charge is 0.508 e. The fraction of sp³-hybridized carbons (Fsp3) is 0.125. The third-order valence-electron chi connectivity index (χ3n) is 5.66. The molecule has 0 aliphatic heterocycles. The SMILES string of the molecule is Oc1ccc2nc(CN(Cc3nc4ccc(O)cc4[nH]3)Cc3nc4ccc(O)cc4[nH]3)[nH]c2c1. The number of hydrogen-bond acceptors (Lipinski definition) is 7. The molecule has 10 nitrogen and oxygen atoms in total. The van der Waals surface area contributed by atoms with Gasteiger partial charge in [0.25, 0.3) is 0 Å². The van der Waals surface area contributed by atoms with Crippen LogP contribution in [0.3, 0.4) is 0 Å². The molecule has 0 spiro atoms. The Morgan fingerprint density at radius 3 is 1.18 bits per heavy atom. The highest BCUT2D eigenvalue weighted by Gasteiger charge is 2.16. The molecule has 10 heteroatoms. The van der Waals surface area contributed by atoms with Crippen LogP contribution in [0.25, 0.3) is 33.1 Å². The van der Waals surface area contributed by atoms with Crippen molar-refractivity contribution in [3.63, 3.8) is 0 Å². The summed E-state index contributed by atoms with van der Waals surface area (Å²) in [6, 6.07) is 15.1. The standard InChI is InChI=1S/C24H21N7O3/c32-13-1-4-16-19(7-13)28-22(25-16)10-31(11-23-26-17-5-2-14(33)8-20(17)29-23)12-24-27-18-6-3-15(34)9-21(18)30-24/h1-9,32-34H,10-12H2,(H,25,28)(H,26,29)(H,27,30). The summed E-state index contributed by atoms with van der Waals surface area (Å²) in [4.78, 5) is 25.9. The quantitative estimate of drug-likeness (QED) is 0.224. The fourth-order valence-electron chi connectivity index (χ4n) is 4.18. The molecular weight excluding hydrogens is 434 g/mol. The highest BCUT2D eigenvalue weighted by molar-refractivity contribution is 5.78. The maximum absolute atomic E-state index is 9.77. The third-order valence-corrected chi connectivity index (χ3v) is 5.66. The van der Waals surface area contributed by atoms with Crippen molar-refractivity contribution < 1.29 is 15.3 Å². The first-order valence-corrected chi connectivity index (χ1v) is 10.7. The van der Waals surface area contributed by atoms with Gasteiger partial charge in [-0.3, -0.25) is 4.90 Å². The molecule has 3 aromatic carbocycles. The van der Waals surface area contributed by atoms with Gasteiger partial charge in [0.1, 0.15) is 34.7 Å². The number of hydrogen-bond donors (Lipinski definition) is 6. The van der Waals surface area contributed by atoms with E-state index >= 15 is 0 Å². The minimum Gasteiger partial charge on any atom is -0.508 e. The van der Waals surface area contributed by atoms with Gasteiger partial charge >= 0.3 is 0 Å². The molecule has 3 heterocycles. The van der Waals surface area contributed by atoms with Gasteiger partial charge in [0.2, 0.25) is 0 Å². The van der Waals surface area contributed by atoms with Crippen molar-refractivity contribution in [2.45, 2.75) is 19.6 Å². The number of rotatable bonds is 6. The number of benzene rings is 3. The molecule has 34 heavy (non-hydrogen) atoms. The Hall–Kier alpha value is -4.57. The Kier molecular flexibility index (Phi) is 4.59. The molecule has 0 unspecified atom stereocenters. The molecule has 6 N–H and O–H groups in total. The van der Waals surface area contributed by atoms with E-state index < -0.39 is 0 Å². The molecule has 0 amide bonds. The highest BCUT2D eigenvalue weighted by atomic mass is 16.3. The summed E-state index contributed by atoms with van der Waals surface area (Å²) in [5, 5.41) is 29.3. The van der Waals surface area contributed by atoms with E-state index in [2.05, 4.69) is 34.8 Å². The summed E-state index contributed by atoms with van der Waals surface area (Å²) < 4.78 is 0. The zero-order chi connectivity index (χ0) is 23.2. The van der Waals surface area contributed by atoms with Gasteiger partial charge in [-0.15, -0.1) is 0 Å². The van der Waals surface area contributed by atoms with E-state index in [1.807, 2.05) is 0 Å². The van der Waals surface area contributed by atoms with E-state index in [0.717, 1.165) is 50.6 Å². The van der Waals surface area contributed by atoms with E-state index in [4.69, 9.17) is 0 Å². The van der Waals surface area contributed by atoms with Crippen molar-refractivity contribution in [3.8, 4) is 17.2 Å². The molecule has 0 atom stereocenters. The van der Waals surface area contributed by atoms with Gasteiger partial charge in [0, 0.05) is 18.2 Å². The summed E-state index contributed by atoms with van der Waals surface area (Å²) in [5.41, 5.74) is 4.58. The van der Waals surface area contributed by atoms with Gasteiger partial charge < -0.3 is 30.3 Å². The van der Waals surface area contributed by atoms with Crippen LogP contribution in [0.2, 0.25) is 0 Å². The van der Waals surface area contributed by atoms with E-state index in [1.54, 1.807) is 54.6 Å². The number of aromatic amines is 3. The van der Waals surface area contributed by atoms with E-state index in [1.165, 1.54) is 0 Å². The van der Waals surface area contributed by atoms with Gasteiger partial charge in [0.05, 0.1) is 52.7 Å². The first-order valence-electron chi connectivity index (χ1n) is 10.7. The molecule has 3 aromatic heterocycles. The lowest BCUT2D eigenvalue weighted by molar-refractivity contribution is 0.232. The number of phenolic OH excluding ortho intramolecular Hbond substituents is 3. The lowest BCUT2D eigenvalue weighted by atomic mass is 10.3. The summed E-state index contributed by atoms with van der Waals surface area (Å²) in [6.45, 7) is 1.42. The molecule has 170 valence electrons. The number of nitrogens with zero attached hydrogens (tertiary/aromatic N) is 4. The number of aromatic nitrogens is 6. The lowest BCUT2D eigenvalue weighted by Crippen LogP contribution is -2.24. The molecule has 0 fully saturated rings. The van der Waals surface area contributed by atoms with Crippen LogP contribution in [-0.2, 0) is 19.6 Å². The maximum Gasteiger partial charge on any atom is 0.121 e. The minimum absolute atomic E-state index is 0.176. The summed E-state index contributed by atoms with van der Waals surface area (Å²) >= 11 is 0. The lowest BCUT2D eigenvalue weighted by Gasteiger charge is -2.18. The molecule has 0 saturated carbocycles. The fourth-order valence-corrected chi connectivity index (χ4v) is 4.18. The third kappa shape index (κ3) is 3.86. The van der Waals surface area contributed by atoms with Crippen LogP contribution < -0.4 is 0 Å². The Balaban J connectivity index is 1.32. The monoisotopic (exact) mass is 455 g/mol.